The Kier molecular flexibility index (Phi) is 4.95. The highest BCUT2D eigenvalue weighted by atomic mass is 16.5. The van der Waals surface area contributed by atoms with Crippen molar-refractivity contribution in [2.75, 3.05) is 31.2 Å². The Balaban J connectivity index is 1.91. The van der Waals surface area contributed by atoms with Gasteiger partial charge in [0.15, 0.2) is 0 Å². The molecule has 6 nitrogen and oxygen atoms in total. The molecule has 1 unspecified atom stereocenters. The van der Waals surface area contributed by atoms with Crippen molar-refractivity contribution in [3.05, 3.63) is 30.3 Å². The molecule has 1 atom stereocenters. The normalized spacial score (nSPS) is 18.8. The highest BCUT2D eigenvalue weighted by Gasteiger charge is 2.27. The molecule has 1 aromatic rings. The maximum Gasteiger partial charge on any atom is 0.407 e. The van der Waals surface area contributed by atoms with Crippen LogP contribution in [0.3, 0.4) is 0 Å². The van der Waals surface area contributed by atoms with Crippen molar-refractivity contribution >= 4 is 17.7 Å². The highest BCUT2D eigenvalue weighted by molar-refractivity contribution is 5.94. The molecule has 0 radical (unpaired) electrons. The van der Waals surface area contributed by atoms with Crippen molar-refractivity contribution in [3.63, 3.8) is 0 Å². The first-order valence-corrected chi connectivity index (χ1v) is 6.58. The molecule has 1 fully saturated rings. The summed E-state index contributed by atoms with van der Waals surface area (Å²) in [5.74, 6) is -0.0800. The molecule has 0 bridgehead atoms. The second-order valence-corrected chi connectivity index (χ2v) is 4.37. The Morgan fingerprint density at radius 3 is 2.90 bits per heavy atom. The minimum atomic E-state index is -0.473. The van der Waals surface area contributed by atoms with Crippen molar-refractivity contribution in [2.45, 2.75) is 13.0 Å². The lowest BCUT2D eigenvalue weighted by molar-refractivity contribution is -0.129. The maximum absolute atomic E-state index is 11.9. The SMILES string of the molecule is CCOC(=O)NCC1CN(c2ccccc2)C(=O)CO1. The lowest BCUT2D eigenvalue weighted by Gasteiger charge is -2.32. The van der Waals surface area contributed by atoms with Crippen LogP contribution in [0.1, 0.15) is 6.92 Å². The van der Waals surface area contributed by atoms with E-state index in [9.17, 15) is 9.59 Å². The lowest BCUT2D eigenvalue weighted by atomic mass is 10.2. The van der Waals surface area contributed by atoms with Crippen molar-refractivity contribution < 1.29 is 19.1 Å². The number of hydrogen-bond donors (Lipinski definition) is 1. The van der Waals surface area contributed by atoms with E-state index in [4.69, 9.17) is 9.47 Å². The van der Waals surface area contributed by atoms with E-state index in [1.807, 2.05) is 30.3 Å². The van der Waals surface area contributed by atoms with Crippen LogP contribution in [-0.4, -0.2) is 44.4 Å². The van der Waals surface area contributed by atoms with Gasteiger partial charge in [-0.1, -0.05) is 18.2 Å². The molecule has 2 rings (SSSR count). The van der Waals surface area contributed by atoms with Crippen LogP contribution in [0, 0.1) is 0 Å². The predicted molar refractivity (Wildman–Crippen MR) is 73.6 cm³/mol. The number of rotatable bonds is 4. The number of anilines is 1. The number of benzene rings is 1. The van der Waals surface area contributed by atoms with E-state index in [0.717, 1.165) is 5.69 Å². The third-order valence-corrected chi connectivity index (χ3v) is 2.95. The monoisotopic (exact) mass is 278 g/mol. The van der Waals surface area contributed by atoms with E-state index in [1.165, 1.54) is 0 Å². The predicted octanol–water partition coefficient (Wildman–Crippen LogP) is 1.16. The number of amides is 2. The van der Waals surface area contributed by atoms with E-state index in [2.05, 4.69) is 5.32 Å². The molecule has 1 aliphatic rings. The number of morpholine rings is 1. The van der Waals surface area contributed by atoms with Crippen LogP contribution in [0.5, 0.6) is 0 Å². The van der Waals surface area contributed by atoms with Crippen LogP contribution in [0.4, 0.5) is 10.5 Å². The number of para-hydroxylation sites is 1. The van der Waals surface area contributed by atoms with Crippen LogP contribution >= 0.6 is 0 Å². The molecule has 0 aliphatic carbocycles. The summed E-state index contributed by atoms with van der Waals surface area (Å²) in [6.07, 6.45) is -0.712. The third kappa shape index (κ3) is 3.71. The molecule has 1 saturated heterocycles. The Morgan fingerprint density at radius 1 is 1.45 bits per heavy atom. The molecule has 1 aliphatic heterocycles. The van der Waals surface area contributed by atoms with Crippen LogP contribution in [-0.2, 0) is 14.3 Å². The molecule has 0 saturated carbocycles. The number of hydrogen-bond acceptors (Lipinski definition) is 4. The molecule has 2 amide bonds. The van der Waals surface area contributed by atoms with Gasteiger partial charge in [0.1, 0.15) is 6.61 Å². The average Bonchev–Trinajstić information content (AvgIpc) is 2.47. The zero-order chi connectivity index (χ0) is 14.4. The third-order valence-electron chi connectivity index (χ3n) is 2.95. The van der Waals surface area contributed by atoms with Gasteiger partial charge in [0.05, 0.1) is 19.3 Å². The largest absolute Gasteiger partial charge is 0.450 e. The average molecular weight is 278 g/mol. The van der Waals surface area contributed by atoms with Gasteiger partial charge in [-0.25, -0.2) is 4.79 Å². The van der Waals surface area contributed by atoms with Gasteiger partial charge in [-0.15, -0.1) is 0 Å². The smallest absolute Gasteiger partial charge is 0.407 e. The number of carbonyl (C=O) groups excluding carboxylic acids is 2. The minimum absolute atomic E-state index is 0.0179. The maximum atomic E-state index is 11.9. The zero-order valence-corrected chi connectivity index (χ0v) is 11.4. The van der Waals surface area contributed by atoms with Crippen molar-refractivity contribution in [1.29, 1.82) is 0 Å². The van der Waals surface area contributed by atoms with Crippen molar-refractivity contribution in [3.8, 4) is 0 Å². The number of alkyl carbamates (subject to hydrolysis) is 1. The summed E-state index contributed by atoms with van der Waals surface area (Å²) in [4.78, 5) is 24.8. The number of nitrogens with one attached hydrogen (secondary N) is 1. The van der Waals surface area contributed by atoms with Crippen molar-refractivity contribution in [1.82, 2.24) is 5.32 Å². The Hall–Kier alpha value is -2.08. The lowest BCUT2D eigenvalue weighted by Crippen LogP contribution is -2.50. The van der Waals surface area contributed by atoms with Gasteiger partial charge in [-0.2, -0.15) is 0 Å². The van der Waals surface area contributed by atoms with Gasteiger partial charge < -0.3 is 19.7 Å². The first-order chi connectivity index (χ1) is 9.70. The van der Waals surface area contributed by atoms with Gasteiger partial charge in [-0.05, 0) is 19.1 Å². The van der Waals surface area contributed by atoms with Crippen LogP contribution in [0.2, 0.25) is 0 Å². The highest BCUT2D eigenvalue weighted by Crippen LogP contribution is 2.17. The molecule has 0 spiro atoms. The molecule has 1 N–H and O–H groups in total. The fourth-order valence-corrected chi connectivity index (χ4v) is 1.99. The summed E-state index contributed by atoms with van der Waals surface area (Å²) in [6.45, 7) is 2.81. The second-order valence-electron chi connectivity index (χ2n) is 4.37. The summed E-state index contributed by atoms with van der Waals surface area (Å²) >= 11 is 0. The van der Waals surface area contributed by atoms with Crippen LogP contribution < -0.4 is 10.2 Å². The molecule has 1 heterocycles. The first-order valence-electron chi connectivity index (χ1n) is 6.58. The molecular formula is C14H18N2O4. The standard InChI is InChI=1S/C14H18N2O4/c1-2-19-14(18)15-8-12-9-16(13(17)10-20-12)11-6-4-3-5-7-11/h3-7,12H,2,8-10H2,1H3,(H,15,18). The van der Waals surface area contributed by atoms with E-state index in [1.54, 1.807) is 11.8 Å². The zero-order valence-electron chi connectivity index (χ0n) is 11.4. The van der Waals surface area contributed by atoms with E-state index >= 15 is 0 Å². The molecule has 108 valence electrons. The van der Waals surface area contributed by atoms with Gasteiger partial charge in [0.2, 0.25) is 0 Å². The molecule has 6 heteroatoms. The van der Waals surface area contributed by atoms with Gasteiger partial charge in [0, 0.05) is 12.2 Å². The fourth-order valence-electron chi connectivity index (χ4n) is 1.99. The van der Waals surface area contributed by atoms with Crippen molar-refractivity contribution in [2.24, 2.45) is 0 Å². The molecule has 0 aromatic heterocycles. The quantitative estimate of drug-likeness (QED) is 0.897. The van der Waals surface area contributed by atoms with Gasteiger partial charge in [-0.3, -0.25) is 4.79 Å². The topological polar surface area (TPSA) is 67.9 Å². The fraction of sp³-hybridized carbons (Fsp3) is 0.429. The summed E-state index contributed by atoms with van der Waals surface area (Å²) in [6, 6.07) is 9.40. The summed E-state index contributed by atoms with van der Waals surface area (Å²) in [5.41, 5.74) is 0.835. The second kappa shape index (κ2) is 6.91. The minimum Gasteiger partial charge on any atom is -0.450 e. The Bertz CT molecular complexity index is 464. The molecule has 20 heavy (non-hydrogen) atoms. The van der Waals surface area contributed by atoms with Gasteiger partial charge in [0.25, 0.3) is 5.91 Å². The first kappa shape index (κ1) is 14.3. The van der Waals surface area contributed by atoms with E-state index in [-0.39, 0.29) is 18.6 Å². The summed E-state index contributed by atoms with van der Waals surface area (Å²) in [7, 11) is 0. The van der Waals surface area contributed by atoms with Crippen LogP contribution in [0.15, 0.2) is 30.3 Å². The Morgan fingerprint density at radius 2 is 2.20 bits per heavy atom. The van der Waals surface area contributed by atoms with Crippen LogP contribution in [0.25, 0.3) is 0 Å². The number of nitrogens with zero attached hydrogens (tertiary/aromatic N) is 1. The molecular weight excluding hydrogens is 260 g/mol. The van der Waals surface area contributed by atoms with Gasteiger partial charge >= 0.3 is 6.09 Å². The summed E-state index contributed by atoms with van der Waals surface area (Å²) < 4.78 is 10.2. The number of ether oxygens (including phenoxy) is 2. The summed E-state index contributed by atoms with van der Waals surface area (Å²) in [5, 5.41) is 2.62. The number of carbonyl (C=O) groups is 2. The Labute approximate surface area is 117 Å². The van der Waals surface area contributed by atoms with E-state index in [0.29, 0.717) is 19.7 Å². The molecule has 1 aromatic carbocycles. The van der Waals surface area contributed by atoms with E-state index < -0.39 is 6.09 Å².